The van der Waals surface area contributed by atoms with Gasteiger partial charge in [0.25, 0.3) is 0 Å². The molecule has 1 atom stereocenters. The Morgan fingerprint density at radius 2 is 1.29 bits per heavy atom. The molecule has 1 unspecified atom stereocenters. The van der Waals surface area contributed by atoms with Crippen LogP contribution in [0.15, 0.2) is 81.5 Å². The smallest absolute Gasteiger partial charge is 0.309 e. The zero-order valence-electron chi connectivity index (χ0n) is 24.8. The molecule has 0 N–H and O–H groups in total. The van der Waals surface area contributed by atoms with E-state index in [0.717, 1.165) is 0 Å². The average Bonchev–Trinajstić information content (AvgIpc) is 2.79. The summed E-state index contributed by atoms with van der Waals surface area (Å²) in [6, 6.07) is 17.6. The van der Waals surface area contributed by atoms with Gasteiger partial charge in [-0.15, -0.1) is 0 Å². The molecule has 5 nitrogen and oxygen atoms in total. The number of carbonyl (C=O) groups excluding carboxylic acids is 1. The van der Waals surface area contributed by atoms with Crippen molar-refractivity contribution in [3.63, 3.8) is 0 Å². The van der Waals surface area contributed by atoms with Gasteiger partial charge in [0.15, 0.2) is 14.7 Å². The normalized spacial score (nSPS) is 17.8. The van der Waals surface area contributed by atoms with Gasteiger partial charge in [-0.3, -0.25) is 4.79 Å². The number of nitrogens with zero attached hydrogens (tertiary/aromatic N) is 2. The molecule has 38 heavy (non-hydrogen) atoms. The quantitative estimate of drug-likeness (QED) is 0.268. The molecule has 3 rings (SSSR count). The van der Waals surface area contributed by atoms with Crippen molar-refractivity contribution in [2.75, 3.05) is 38.0 Å². The zero-order valence-corrected chi connectivity index (χ0v) is 25.6. The highest BCUT2D eigenvalue weighted by Gasteiger charge is 2.41. The number of esters is 1. The Hall–Kier alpha value is -2.70. The summed E-state index contributed by atoms with van der Waals surface area (Å²) < 4.78 is 12.2. The minimum absolute atomic E-state index is 0.171. The number of hydrogen-bond acceptors (Lipinski definition) is 5. The van der Waals surface area contributed by atoms with Crippen molar-refractivity contribution < 1.29 is 14.3 Å². The lowest BCUT2D eigenvalue weighted by Gasteiger charge is -2.38. The van der Waals surface area contributed by atoms with Crippen molar-refractivity contribution in [1.82, 2.24) is 0 Å². The van der Waals surface area contributed by atoms with Crippen LogP contribution in [0.4, 0.5) is 11.4 Å². The summed E-state index contributed by atoms with van der Waals surface area (Å²) in [5.74, 6) is -0.249. The average molecular weight is 538 g/mol. The summed E-state index contributed by atoms with van der Waals surface area (Å²) in [6.45, 7) is 11.8. The fraction of sp³-hybridized carbons (Fsp3) is 0.469. The maximum Gasteiger partial charge on any atom is 0.309 e. The van der Waals surface area contributed by atoms with Crippen molar-refractivity contribution in [2.24, 2.45) is 0 Å². The standard InChI is InChI=1S/C32H45N2O3S/c1-30(2,3)36-29(35)23-32(37-31(4,5)6)21-19-28(20-22-32)38(26-15-11-24(12-16-26)33(7)8)27-17-13-25(14-18-27)34(9)10/h11-21H,22-23H2,1-10H3/q+1. The van der Waals surface area contributed by atoms with Gasteiger partial charge in [-0.2, -0.15) is 0 Å². The Labute approximate surface area is 232 Å². The van der Waals surface area contributed by atoms with Gasteiger partial charge in [0, 0.05) is 46.0 Å². The van der Waals surface area contributed by atoms with Crippen molar-refractivity contribution in [1.29, 1.82) is 0 Å². The molecule has 0 heterocycles. The predicted octanol–water partition coefficient (Wildman–Crippen LogP) is 6.98. The third-order valence-electron chi connectivity index (χ3n) is 5.99. The first kappa shape index (κ1) is 29.9. The molecule has 0 aliphatic heterocycles. The minimum Gasteiger partial charge on any atom is -0.460 e. The Balaban J connectivity index is 1.99. The van der Waals surface area contributed by atoms with Crippen LogP contribution in [0.25, 0.3) is 0 Å². The molecule has 0 radical (unpaired) electrons. The van der Waals surface area contributed by atoms with E-state index in [4.69, 9.17) is 9.47 Å². The van der Waals surface area contributed by atoms with Gasteiger partial charge in [-0.1, -0.05) is 0 Å². The van der Waals surface area contributed by atoms with E-state index in [-0.39, 0.29) is 23.3 Å². The number of rotatable bonds is 8. The summed E-state index contributed by atoms with van der Waals surface area (Å²) in [5.41, 5.74) is 0.641. The Morgan fingerprint density at radius 3 is 1.63 bits per heavy atom. The number of anilines is 2. The molecular formula is C32H45N2O3S+. The molecule has 0 amide bonds. The second-order valence-electron chi connectivity index (χ2n) is 12.3. The van der Waals surface area contributed by atoms with E-state index in [9.17, 15) is 4.79 Å². The van der Waals surface area contributed by atoms with Crippen LogP contribution in [0.1, 0.15) is 54.4 Å². The molecule has 1 aliphatic carbocycles. The predicted molar refractivity (Wildman–Crippen MR) is 161 cm³/mol. The second kappa shape index (κ2) is 11.6. The minimum atomic E-state index is -0.747. The lowest BCUT2D eigenvalue weighted by molar-refractivity contribution is -0.167. The number of carbonyl (C=O) groups is 1. The fourth-order valence-electron chi connectivity index (χ4n) is 4.44. The first-order chi connectivity index (χ1) is 17.6. The van der Waals surface area contributed by atoms with E-state index in [2.05, 4.69) is 105 Å². The largest absolute Gasteiger partial charge is 0.460 e. The molecule has 6 heteroatoms. The molecule has 0 fully saturated rings. The third kappa shape index (κ3) is 8.15. The van der Waals surface area contributed by atoms with Crippen molar-refractivity contribution >= 4 is 28.2 Å². The van der Waals surface area contributed by atoms with Crippen molar-refractivity contribution in [3.05, 3.63) is 71.7 Å². The molecule has 0 spiro atoms. The molecule has 2 aromatic rings. The van der Waals surface area contributed by atoms with Crippen LogP contribution >= 0.6 is 0 Å². The Bertz CT molecular complexity index is 1100. The molecule has 0 saturated heterocycles. The first-order valence-corrected chi connectivity index (χ1v) is 14.4. The van der Waals surface area contributed by atoms with Gasteiger partial charge in [0.2, 0.25) is 0 Å². The highest BCUT2D eigenvalue weighted by molar-refractivity contribution is 8.00. The molecule has 0 aromatic heterocycles. The van der Waals surface area contributed by atoms with Crippen LogP contribution in [-0.2, 0) is 25.2 Å². The summed E-state index contributed by atoms with van der Waals surface area (Å²) in [6.07, 6.45) is 7.26. The lowest BCUT2D eigenvalue weighted by atomic mass is 9.90. The number of allylic oxidation sites excluding steroid dienone is 1. The summed E-state index contributed by atoms with van der Waals surface area (Å²) in [4.78, 5) is 20.8. The van der Waals surface area contributed by atoms with E-state index in [0.29, 0.717) is 6.42 Å². The van der Waals surface area contributed by atoms with E-state index >= 15 is 0 Å². The fourth-order valence-corrected chi connectivity index (χ4v) is 6.53. The maximum atomic E-state index is 12.9. The van der Waals surface area contributed by atoms with Crippen LogP contribution in [0, 0.1) is 0 Å². The molecule has 2 aromatic carbocycles. The van der Waals surface area contributed by atoms with Crippen LogP contribution in [0.5, 0.6) is 0 Å². The summed E-state index contributed by atoms with van der Waals surface area (Å²) >= 11 is 0. The number of ether oxygens (including phenoxy) is 2. The van der Waals surface area contributed by atoms with Gasteiger partial charge in [-0.05, 0) is 108 Å². The van der Waals surface area contributed by atoms with E-state index in [1.165, 1.54) is 26.1 Å². The van der Waals surface area contributed by atoms with Crippen molar-refractivity contribution in [3.8, 4) is 0 Å². The van der Waals surface area contributed by atoms with Gasteiger partial charge < -0.3 is 19.3 Å². The number of hydrogen-bond donors (Lipinski definition) is 0. The molecule has 206 valence electrons. The van der Waals surface area contributed by atoms with Crippen LogP contribution in [0.3, 0.4) is 0 Å². The van der Waals surface area contributed by atoms with E-state index in [1.807, 2.05) is 41.5 Å². The number of benzene rings is 2. The van der Waals surface area contributed by atoms with Crippen molar-refractivity contribution in [2.45, 2.75) is 81.0 Å². The molecular weight excluding hydrogens is 492 g/mol. The SMILES string of the molecule is CN(C)c1ccc([S+](C2=CCC(CC(=O)OC(C)(C)C)(OC(C)(C)C)C=C2)c2ccc(N(C)C)cc2)cc1. The van der Waals surface area contributed by atoms with Crippen LogP contribution < -0.4 is 9.80 Å². The Kier molecular flexibility index (Phi) is 9.10. The second-order valence-corrected chi connectivity index (χ2v) is 14.3. The van der Waals surface area contributed by atoms with Gasteiger partial charge in [0.05, 0.1) is 22.9 Å². The van der Waals surface area contributed by atoms with E-state index in [1.54, 1.807) is 0 Å². The molecule has 0 saturated carbocycles. The first-order valence-electron chi connectivity index (χ1n) is 13.2. The summed E-state index contributed by atoms with van der Waals surface area (Å²) in [7, 11) is 7.92. The Morgan fingerprint density at radius 1 is 0.816 bits per heavy atom. The monoisotopic (exact) mass is 537 g/mol. The third-order valence-corrected chi connectivity index (χ3v) is 8.25. The highest BCUT2D eigenvalue weighted by atomic mass is 32.2. The summed E-state index contributed by atoms with van der Waals surface area (Å²) in [5, 5.41) is 0. The van der Waals surface area contributed by atoms with Crippen LogP contribution in [-0.4, -0.2) is 51.0 Å². The highest BCUT2D eigenvalue weighted by Crippen LogP contribution is 2.39. The van der Waals surface area contributed by atoms with Gasteiger partial charge >= 0.3 is 5.97 Å². The lowest BCUT2D eigenvalue weighted by Crippen LogP contribution is -2.42. The van der Waals surface area contributed by atoms with E-state index < -0.39 is 16.8 Å². The molecule has 0 bridgehead atoms. The van der Waals surface area contributed by atoms with Crippen LogP contribution in [0.2, 0.25) is 0 Å². The van der Waals surface area contributed by atoms with Gasteiger partial charge in [0.1, 0.15) is 11.2 Å². The van der Waals surface area contributed by atoms with Gasteiger partial charge in [-0.25, -0.2) is 0 Å². The zero-order chi connectivity index (χ0) is 28.3. The topological polar surface area (TPSA) is 42.0 Å². The maximum absolute atomic E-state index is 12.9. The molecule has 1 aliphatic rings.